The average molecular weight is 465 g/mol. The first-order chi connectivity index (χ1) is 16.5. The van der Waals surface area contributed by atoms with Crippen molar-refractivity contribution in [3.63, 3.8) is 0 Å². The molecular formula is C25H32N6O3. The van der Waals surface area contributed by atoms with Crippen LogP contribution < -0.4 is 5.32 Å². The molecule has 1 atom stereocenters. The fraction of sp³-hybridized carbons (Fsp3) is 0.640. The van der Waals surface area contributed by atoms with Gasteiger partial charge < -0.3 is 15.0 Å². The number of ether oxygens (including phenoxy) is 1. The van der Waals surface area contributed by atoms with Crippen LogP contribution in [0, 0.1) is 12.8 Å². The number of aromatic amines is 1. The van der Waals surface area contributed by atoms with E-state index in [2.05, 4.69) is 25.5 Å². The van der Waals surface area contributed by atoms with Gasteiger partial charge in [0, 0.05) is 29.7 Å². The highest BCUT2D eigenvalue weighted by atomic mass is 16.5. The third-order valence-electron chi connectivity index (χ3n) is 8.43. The lowest BCUT2D eigenvalue weighted by Gasteiger charge is -2.47. The Balaban J connectivity index is 1.08. The quantitative estimate of drug-likeness (QED) is 0.719. The Morgan fingerprint density at radius 1 is 1.12 bits per heavy atom. The zero-order chi connectivity index (χ0) is 23.3. The Hall–Kier alpha value is -2.81. The maximum Gasteiger partial charge on any atom is 0.274 e. The number of rotatable bonds is 4. The van der Waals surface area contributed by atoms with Crippen LogP contribution in [-0.4, -0.2) is 67.2 Å². The molecule has 4 heterocycles. The fourth-order valence-electron chi connectivity index (χ4n) is 6.05. The van der Waals surface area contributed by atoms with Crippen molar-refractivity contribution in [3.05, 3.63) is 29.8 Å². The molecule has 2 aromatic rings. The Labute approximate surface area is 199 Å². The van der Waals surface area contributed by atoms with Gasteiger partial charge in [0.2, 0.25) is 5.91 Å². The third-order valence-corrected chi connectivity index (χ3v) is 8.43. The van der Waals surface area contributed by atoms with Gasteiger partial charge in [-0.1, -0.05) is 0 Å². The van der Waals surface area contributed by atoms with E-state index in [4.69, 9.17) is 4.74 Å². The van der Waals surface area contributed by atoms with Crippen LogP contribution in [0.4, 0.5) is 0 Å². The van der Waals surface area contributed by atoms with Gasteiger partial charge in [0.05, 0.1) is 23.6 Å². The molecule has 2 amide bonds. The monoisotopic (exact) mass is 464 g/mol. The number of hydrogen-bond donors (Lipinski definition) is 2. The Morgan fingerprint density at radius 2 is 1.91 bits per heavy atom. The number of aryl methyl sites for hydroxylation is 1. The molecule has 2 aliphatic carbocycles. The molecule has 34 heavy (non-hydrogen) atoms. The number of carbonyl (C=O) groups is 2. The van der Waals surface area contributed by atoms with Crippen LogP contribution in [0.2, 0.25) is 0 Å². The summed E-state index contributed by atoms with van der Waals surface area (Å²) in [6.07, 6.45) is 10.1. The van der Waals surface area contributed by atoms with Crippen molar-refractivity contribution in [2.24, 2.45) is 5.92 Å². The second-order valence-corrected chi connectivity index (χ2v) is 10.6. The van der Waals surface area contributed by atoms with E-state index < -0.39 is 0 Å². The van der Waals surface area contributed by atoms with Gasteiger partial charge in [0.25, 0.3) is 5.91 Å². The molecule has 2 aliphatic heterocycles. The van der Waals surface area contributed by atoms with Crippen molar-refractivity contribution in [2.75, 3.05) is 13.2 Å². The number of nitrogens with zero attached hydrogens (tertiary/aromatic N) is 4. The number of hydrogen-bond acceptors (Lipinski definition) is 6. The van der Waals surface area contributed by atoms with E-state index in [1.165, 1.54) is 12.7 Å². The van der Waals surface area contributed by atoms with E-state index in [-0.39, 0.29) is 34.9 Å². The normalized spacial score (nSPS) is 29.6. The molecule has 2 spiro atoms. The summed E-state index contributed by atoms with van der Waals surface area (Å²) in [5.41, 5.74) is 2.59. The number of H-pyrrole nitrogens is 1. The molecule has 4 aliphatic rings. The number of aromatic nitrogens is 4. The van der Waals surface area contributed by atoms with Crippen molar-refractivity contribution in [2.45, 2.75) is 81.9 Å². The highest BCUT2D eigenvalue weighted by Gasteiger charge is 2.55. The highest BCUT2D eigenvalue weighted by molar-refractivity contribution is 5.94. The predicted molar refractivity (Wildman–Crippen MR) is 124 cm³/mol. The van der Waals surface area contributed by atoms with Crippen molar-refractivity contribution < 1.29 is 14.3 Å². The first-order valence-electron chi connectivity index (χ1n) is 12.6. The van der Waals surface area contributed by atoms with E-state index in [1.54, 1.807) is 6.07 Å². The first kappa shape index (κ1) is 21.7. The maximum absolute atomic E-state index is 13.4. The maximum atomic E-state index is 13.4. The summed E-state index contributed by atoms with van der Waals surface area (Å²) in [5, 5.41) is 10.5. The summed E-state index contributed by atoms with van der Waals surface area (Å²) in [6, 6.07) is 3.88. The van der Waals surface area contributed by atoms with Crippen molar-refractivity contribution in [1.29, 1.82) is 0 Å². The SMILES string of the molecule is Cc1cc(-c2cc(C(=O)N3CCC(C(=O)NC4CCC5(CCO5)CC4)CC34CC4)n[nH]2)ncn1. The molecule has 2 aromatic heterocycles. The summed E-state index contributed by atoms with van der Waals surface area (Å²) in [7, 11) is 0. The Bertz CT molecular complexity index is 1100. The van der Waals surface area contributed by atoms with Gasteiger partial charge >= 0.3 is 0 Å². The number of carbonyl (C=O) groups excluding carboxylic acids is 2. The van der Waals surface area contributed by atoms with Crippen LogP contribution in [0.5, 0.6) is 0 Å². The molecule has 0 aromatic carbocycles. The molecule has 1 unspecified atom stereocenters. The highest BCUT2D eigenvalue weighted by Crippen LogP contribution is 2.50. The van der Waals surface area contributed by atoms with Crippen molar-refractivity contribution >= 4 is 11.8 Å². The van der Waals surface area contributed by atoms with E-state index in [0.29, 0.717) is 30.0 Å². The predicted octanol–water partition coefficient (Wildman–Crippen LogP) is 2.78. The standard InChI is InChI=1S/C25H32N6O3/c1-16-12-19(27-15-26-16)20-13-21(30-29-20)23(33)31-10-4-17(14-24(31)7-8-24)22(32)28-18-2-5-25(6-3-18)9-11-34-25/h12-13,15,17-18H,2-11,14H2,1H3,(H,28,32)(H,29,30). The van der Waals surface area contributed by atoms with E-state index in [1.807, 2.05) is 17.9 Å². The fourth-order valence-corrected chi connectivity index (χ4v) is 6.05. The van der Waals surface area contributed by atoms with Gasteiger partial charge in [-0.2, -0.15) is 5.10 Å². The lowest BCUT2D eigenvalue weighted by atomic mass is 9.77. The summed E-state index contributed by atoms with van der Waals surface area (Å²) in [5.74, 6) is 0.0684. The minimum absolute atomic E-state index is 0.0267. The Kier molecular flexibility index (Phi) is 5.20. The van der Waals surface area contributed by atoms with Gasteiger partial charge in [-0.05, 0) is 76.8 Å². The Morgan fingerprint density at radius 3 is 2.59 bits per heavy atom. The molecule has 180 valence electrons. The minimum atomic E-state index is -0.196. The number of piperidine rings is 1. The first-order valence-corrected chi connectivity index (χ1v) is 12.6. The van der Waals surface area contributed by atoms with E-state index in [0.717, 1.165) is 57.2 Å². The molecule has 2 N–H and O–H groups in total. The summed E-state index contributed by atoms with van der Waals surface area (Å²) < 4.78 is 5.80. The molecule has 2 saturated carbocycles. The van der Waals surface area contributed by atoms with Crippen LogP contribution in [0.15, 0.2) is 18.5 Å². The minimum Gasteiger partial charge on any atom is -0.375 e. The molecule has 0 bridgehead atoms. The second kappa shape index (κ2) is 8.15. The summed E-state index contributed by atoms with van der Waals surface area (Å²) in [4.78, 5) is 36.8. The van der Waals surface area contributed by atoms with Crippen molar-refractivity contribution in [3.8, 4) is 11.4 Å². The third kappa shape index (κ3) is 3.89. The lowest BCUT2D eigenvalue weighted by Crippen LogP contribution is -2.53. The molecule has 2 saturated heterocycles. The van der Waals surface area contributed by atoms with E-state index >= 15 is 0 Å². The molecule has 9 nitrogen and oxygen atoms in total. The van der Waals surface area contributed by atoms with Gasteiger partial charge in [-0.3, -0.25) is 14.7 Å². The van der Waals surface area contributed by atoms with Gasteiger partial charge in [0.15, 0.2) is 5.69 Å². The van der Waals surface area contributed by atoms with Crippen molar-refractivity contribution in [1.82, 2.24) is 30.4 Å². The molecule has 9 heteroatoms. The number of likely N-dealkylation sites (tertiary alicyclic amines) is 1. The average Bonchev–Trinajstić information content (AvgIpc) is 3.39. The smallest absolute Gasteiger partial charge is 0.274 e. The molecule has 4 fully saturated rings. The second-order valence-electron chi connectivity index (χ2n) is 10.6. The molecule has 6 rings (SSSR count). The van der Waals surface area contributed by atoms with Crippen LogP contribution >= 0.6 is 0 Å². The zero-order valence-corrected chi connectivity index (χ0v) is 19.7. The number of amides is 2. The van der Waals surface area contributed by atoms with Gasteiger partial charge in [0.1, 0.15) is 6.33 Å². The van der Waals surface area contributed by atoms with Crippen LogP contribution in [-0.2, 0) is 9.53 Å². The summed E-state index contributed by atoms with van der Waals surface area (Å²) >= 11 is 0. The zero-order valence-electron chi connectivity index (χ0n) is 19.7. The summed E-state index contributed by atoms with van der Waals surface area (Å²) in [6.45, 7) is 3.38. The molecule has 0 radical (unpaired) electrons. The van der Waals surface area contributed by atoms with Crippen LogP contribution in [0.1, 0.15) is 74.0 Å². The topological polar surface area (TPSA) is 113 Å². The van der Waals surface area contributed by atoms with Crippen LogP contribution in [0.3, 0.4) is 0 Å². The largest absolute Gasteiger partial charge is 0.375 e. The van der Waals surface area contributed by atoms with Gasteiger partial charge in [-0.15, -0.1) is 0 Å². The van der Waals surface area contributed by atoms with Crippen LogP contribution in [0.25, 0.3) is 11.4 Å². The van der Waals surface area contributed by atoms with E-state index in [9.17, 15) is 9.59 Å². The van der Waals surface area contributed by atoms with Gasteiger partial charge in [-0.25, -0.2) is 9.97 Å². The molecular weight excluding hydrogens is 432 g/mol. The number of nitrogens with one attached hydrogen (secondary N) is 2. The lowest BCUT2D eigenvalue weighted by molar-refractivity contribution is -0.168.